The molecular formula is C24H25Cl2N3O2. The first-order valence-electron chi connectivity index (χ1n) is 10.5. The van der Waals surface area contributed by atoms with Gasteiger partial charge in [0.05, 0.1) is 22.9 Å². The summed E-state index contributed by atoms with van der Waals surface area (Å²) in [7, 11) is 1.76. The van der Waals surface area contributed by atoms with Crippen molar-refractivity contribution in [2.24, 2.45) is 7.05 Å². The van der Waals surface area contributed by atoms with Crippen LogP contribution in [0.4, 0.5) is 5.82 Å². The second-order valence-electron chi connectivity index (χ2n) is 7.62. The second-order valence-corrected chi connectivity index (χ2v) is 8.46. The normalized spacial score (nSPS) is 17.6. The molecule has 1 aliphatic carbocycles. The van der Waals surface area contributed by atoms with Gasteiger partial charge in [-0.3, -0.25) is 9.36 Å². The van der Waals surface area contributed by atoms with E-state index in [1.54, 1.807) is 29.8 Å². The van der Waals surface area contributed by atoms with Gasteiger partial charge in [-0.2, -0.15) is 0 Å². The smallest absolute Gasteiger partial charge is 0.278 e. The lowest BCUT2D eigenvalue weighted by Crippen LogP contribution is -2.31. The molecular weight excluding hydrogens is 433 g/mol. The van der Waals surface area contributed by atoms with E-state index < -0.39 is 0 Å². The summed E-state index contributed by atoms with van der Waals surface area (Å²) in [6.07, 6.45) is 1.48. The molecule has 1 heterocycles. The first-order chi connectivity index (χ1) is 14.9. The summed E-state index contributed by atoms with van der Waals surface area (Å²) < 4.78 is 7.65. The van der Waals surface area contributed by atoms with E-state index in [1.807, 2.05) is 26.0 Å². The van der Waals surface area contributed by atoms with Gasteiger partial charge in [0.1, 0.15) is 11.5 Å². The molecule has 0 amide bonds. The Morgan fingerprint density at radius 3 is 2.68 bits per heavy atom. The molecule has 4 rings (SSSR count). The lowest BCUT2D eigenvalue weighted by molar-refractivity contribution is 0.0572. The molecule has 0 saturated carbocycles. The number of nitrogens with one attached hydrogen (secondary N) is 1. The highest BCUT2D eigenvalue weighted by Crippen LogP contribution is 2.37. The van der Waals surface area contributed by atoms with Gasteiger partial charge in [-0.25, -0.2) is 4.98 Å². The zero-order valence-electron chi connectivity index (χ0n) is 17.8. The summed E-state index contributed by atoms with van der Waals surface area (Å²) >= 11 is 12.4. The van der Waals surface area contributed by atoms with Crippen molar-refractivity contribution in [3.05, 3.63) is 79.7 Å². The predicted octanol–water partition coefficient (Wildman–Crippen LogP) is 5.43. The van der Waals surface area contributed by atoms with Crippen LogP contribution in [0.2, 0.25) is 10.0 Å². The van der Waals surface area contributed by atoms with E-state index >= 15 is 0 Å². The van der Waals surface area contributed by atoms with Crippen LogP contribution < -0.4 is 10.9 Å². The number of aromatic nitrogens is 2. The first kappa shape index (κ1) is 21.9. The van der Waals surface area contributed by atoms with Gasteiger partial charge in [-0.05, 0) is 42.7 Å². The van der Waals surface area contributed by atoms with Gasteiger partial charge in [0.25, 0.3) is 5.56 Å². The maximum Gasteiger partial charge on any atom is 0.278 e. The van der Waals surface area contributed by atoms with E-state index in [0.717, 1.165) is 12.1 Å². The SMILES string of the molecule is CCO[C@H]1Cc2ccccc2[C@@H]1Nc1c(CC)nc(-c2ccc(Cl)cc2Cl)c(=O)n1C. The van der Waals surface area contributed by atoms with E-state index in [-0.39, 0.29) is 17.7 Å². The van der Waals surface area contributed by atoms with Crippen LogP contribution in [0.5, 0.6) is 0 Å². The summed E-state index contributed by atoms with van der Waals surface area (Å²) in [5, 5.41) is 4.50. The molecule has 162 valence electrons. The Bertz CT molecular complexity index is 1180. The van der Waals surface area contributed by atoms with Crippen LogP contribution in [-0.2, 0) is 24.6 Å². The molecule has 1 N–H and O–H groups in total. The number of hydrogen-bond donors (Lipinski definition) is 1. The van der Waals surface area contributed by atoms with Crippen molar-refractivity contribution in [2.45, 2.75) is 38.8 Å². The number of nitrogens with zero attached hydrogens (tertiary/aromatic N) is 2. The minimum atomic E-state index is -0.219. The van der Waals surface area contributed by atoms with Crippen molar-refractivity contribution in [1.29, 1.82) is 0 Å². The largest absolute Gasteiger partial charge is 0.376 e. The monoisotopic (exact) mass is 457 g/mol. The van der Waals surface area contributed by atoms with Crippen molar-refractivity contribution in [3.8, 4) is 11.3 Å². The molecule has 7 heteroatoms. The summed E-state index contributed by atoms with van der Waals surface area (Å²) in [5.74, 6) is 0.702. The Hall–Kier alpha value is -2.34. The van der Waals surface area contributed by atoms with Crippen LogP contribution in [0.25, 0.3) is 11.3 Å². The van der Waals surface area contributed by atoms with E-state index in [2.05, 4.69) is 17.4 Å². The highest BCUT2D eigenvalue weighted by Gasteiger charge is 2.34. The molecule has 1 aliphatic rings. The Labute approximate surface area is 192 Å². The van der Waals surface area contributed by atoms with Crippen LogP contribution >= 0.6 is 23.2 Å². The average Bonchev–Trinajstić information content (AvgIpc) is 3.09. The molecule has 2 atom stereocenters. The molecule has 0 spiro atoms. The van der Waals surface area contributed by atoms with Crippen LogP contribution in [0.1, 0.15) is 36.7 Å². The van der Waals surface area contributed by atoms with E-state index in [1.165, 1.54) is 11.1 Å². The van der Waals surface area contributed by atoms with Gasteiger partial charge in [0.15, 0.2) is 0 Å². The van der Waals surface area contributed by atoms with Crippen LogP contribution in [0.15, 0.2) is 47.3 Å². The molecule has 0 unspecified atom stereocenters. The number of benzene rings is 2. The molecule has 3 aromatic rings. The number of ether oxygens (including phenoxy) is 1. The van der Waals surface area contributed by atoms with Crippen LogP contribution in [0.3, 0.4) is 0 Å². The van der Waals surface area contributed by atoms with E-state index in [0.29, 0.717) is 40.1 Å². The lowest BCUT2D eigenvalue weighted by atomic mass is 10.1. The zero-order chi connectivity index (χ0) is 22.1. The molecule has 2 aromatic carbocycles. The molecule has 5 nitrogen and oxygen atoms in total. The molecule has 0 fully saturated rings. The minimum absolute atomic E-state index is 0.00686. The summed E-state index contributed by atoms with van der Waals surface area (Å²) in [5.41, 5.74) is 3.93. The third kappa shape index (κ3) is 4.10. The van der Waals surface area contributed by atoms with Gasteiger partial charge in [0, 0.05) is 30.7 Å². The van der Waals surface area contributed by atoms with Crippen molar-refractivity contribution >= 4 is 29.0 Å². The Kier molecular flexibility index (Phi) is 6.37. The number of aryl methyl sites for hydroxylation is 1. The highest BCUT2D eigenvalue weighted by atomic mass is 35.5. The Morgan fingerprint density at radius 1 is 1.19 bits per heavy atom. The Balaban J connectivity index is 1.79. The number of halogens is 2. The van der Waals surface area contributed by atoms with Gasteiger partial charge in [-0.15, -0.1) is 0 Å². The molecule has 31 heavy (non-hydrogen) atoms. The molecule has 1 aromatic heterocycles. The lowest BCUT2D eigenvalue weighted by Gasteiger charge is -2.25. The van der Waals surface area contributed by atoms with E-state index in [9.17, 15) is 4.79 Å². The molecule has 0 bridgehead atoms. The zero-order valence-corrected chi connectivity index (χ0v) is 19.3. The highest BCUT2D eigenvalue weighted by molar-refractivity contribution is 6.36. The first-order valence-corrected chi connectivity index (χ1v) is 11.2. The Morgan fingerprint density at radius 2 is 1.97 bits per heavy atom. The fraction of sp³-hybridized carbons (Fsp3) is 0.333. The summed E-state index contributed by atoms with van der Waals surface area (Å²) in [6.45, 7) is 4.65. The number of anilines is 1. The van der Waals surface area contributed by atoms with Gasteiger partial charge in [0.2, 0.25) is 0 Å². The third-order valence-electron chi connectivity index (χ3n) is 5.74. The number of hydrogen-bond acceptors (Lipinski definition) is 4. The van der Waals surface area contributed by atoms with Crippen LogP contribution in [-0.4, -0.2) is 22.3 Å². The quantitative estimate of drug-likeness (QED) is 0.535. The molecule has 0 aliphatic heterocycles. The van der Waals surface area contributed by atoms with Gasteiger partial charge < -0.3 is 10.1 Å². The predicted molar refractivity (Wildman–Crippen MR) is 126 cm³/mol. The maximum atomic E-state index is 13.3. The minimum Gasteiger partial charge on any atom is -0.376 e. The number of rotatable bonds is 6. The molecule has 0 saturated heterocycles. The van der Waals surface area contributed by atoms with E-state index in [4.69, 9.17) is 32.9 Å². The standard InChI is InChI=1S/C24H25Cl2N3O2/c1-4-19-23(28-21-16-9-7-6-8-14(16)12-20(21)31-5-2)29(3)24(30)22(27-19)17-11-10-15(25)13-18(17)26/h6-11,13,20-21,28H,4-5,12H2,1-3H3/t20-,21-/m0/s1. The maximum absolute atomic E-state index is 13.3. The third-order valence-corrected chi connectivity index (χ3v) is 6.29. The topological polar surface area (TPSA) is 56.1 Å². The summed E-state index contributed by atoms with van der Waals surface area (Å²) in [6, 6.07) is 13.3. The summed E-state index contributed by atoms with van der Waals surface area (Å²) in [4.78, 5) is 18.0. The van der Waals surface area contributed by atoms with Crippen molar-refractivity contribution in [3.63, 3.8) is 0 Å². The van der Waals surface area contributed by atoms with Crippen molar-refractivity contribution < 1.29 is 4.74 Å². The van der Waals surface area contributed by atoms with Crippen LogP contribution in [0, 0.1) is 0 Å². The van der Waals surface area contributed by atoms with Gasteiger partial charge >= 0.3 is 0 Å². The van der Waals surface area contributed by atoms with Crippen molar-refractivity contribution in [1.82, 2.24) is 9.55 Å². The van der Waals surface area contributed by atoms with Crippen molar-refractivity contribution in [2.75, 3.05) is 11.9 Å². The number of fused-ring (bicyclic) bond motifs is 1. The fourth-order valence-electron chi connectivity index (χ4n) is 4.22. The fourth-order valence-corrected chi connectivity index (χ4v) is 4.72. The average molecular weight is 458 g/mol. The van der Waals surface area contributed by atoms with Gasteiger partial charge in [-0.1, -0.05) is 54.4 Å². The second kappa shape index (κ2) is 9.03. The molecule has 0 radical (unpaired) electrons.